The minimum Gasteiger partial charge on any atom is -0.283 e. The van der Waals surface area contributed by atoms with Crippen molar-refractivity contribution < 1.29 is 13.6 Å². The van der Waals surface area contributed by atoms with E-state index >= 15 is 0 Å². The first-order valence-electron chi connectivity index (χ1n) is 9.82. The smallest absolute Gasteiger partial charge is 0.252 e. The SMILES string of the molecule is Cc1cc(C)n(CCN(C(=O)C=Cc2ccccc2Cl)c2nc3c(F)cc(F)cc3s2)n1. The number of anilines is 1. The molecule has 0 bridgehead atoms. The highest BCUT2D eigenvalue weighted by Crippen LogP contribution is 2.31. The standard InChI is InChI=1S/C23H19ClF2N4OS/c1-14-11-15(2)30(28-14)10-9-29(21(31)8-7-16-5-3-4-6-18(16)24)23-27-22-19(26)12-17(25)13-20(22)32-23/h3-8,11-13H,9-10H2,1-2H3. The number of thiazole rings is 1. The predicted octanol–water partition coefficient (Wildman–Crippen LogP) is 5.79. The number of nitrogens with zero attached hydrogens (tertiary/aromatic N) is 4. The average Bonchev–Trinajstić information content (AvgIpc) is 3.30. The van der Waals surface area contributed by atoms with E-state index in [0.29, 0.717) is 21.8 Å². The summed E-state index contributed by atoms with van der Waals surface area (Å²) in [6, 6.07) is 11.1. The molecular formula is C23H19ClF2N4OS. The summed E-state index contributed by atoms with van der Waals surface area (Å²) in [5.74, 6) is -1.81. The normalized spacial score (nSPS) is 11.5. The molecule has 0 N–H and O–H groups in total. The van der Waals surface area contributed by atoms with Gasteiger partial charge >= 0.3 is 0 Å². The summed E-state index contributed by atoms with van der Waals surface area (Å²) in [4.78, 5) is 18.8. The van der Waals surface area contributed by atoms with E-state index in [4.69, 9.17) is 11.6 Å². The lowest BCUT2D eigenvalue weighted by atomic mass is 10.2. The number of hydrogen-bond acceptors (Lipinski definition) is 4. The quantitative estimate of drug-likeness (QED) is 0.334. The van der Waals surface area contributed by atoms with Gasteiger partial charge < -0.3 is 0 Å². The molecule has 0 aliphatic heterocycles. The second-order valence-electron chi connectivity index (χ2n) is 7.23. The van der Waals surface area contributed by atoms with Crippen LogP contribution in [0, 0.1) is 25.5 Å². The maximum atomic E-state index is 14.2. The molecule has 0 saturated carbocycles. The van der Waals surface area contributed by atoms with Gasteiger partial charge in [0.25, 0.3) is 5.91 Å². The van der Waals surface area contributed by atoms with Gasteiger partial charge in [-0.3, -0.25) is 14.4 Å². The molecule has 0 radical (unpaired) electrons. The molecule has 0 spiro atoms. The van der Waals surface area contributed by atoms with Crippen molar-refractivity contribution >= 4 is 50.3 Å². The van der Waals surface area contributed by atoms with E-state index < -0.39 is 11.6 Å². The maximum absolute atomic E-state index is 14.2. The number of rotatable bonds is 6. The van der Waals surface area contributed by atoms with E-state index in [2.05, 4.69) is 10.1 Å². The fourth-order valence-electron chi connectivity index (χ4n) is 3.32. The molecule has 0 unspecified atom stereocenters. The highest BCUT2D eigenvalue weighted by molar-refractivity contribution is 7.22. The van der Waals surface area contributed by atoms with Crippen LogP contribution in [-0.4, -0.2) is 27.2 Å². The Kier molecular flexibility index (Phi) is 6.34. The van der Waals surface area contributed by atoms with E-state index in [9.17, 15) is 13.6 Å². The molecule has 32 heavy (non-hydrogen) atoms. The first kappa shape index (κ1) is 22.1. The van der Waals surface area contributed by atoms with Gasteiger partial charge in [-0.05, 0) is 43.7 Å². The van der Waals surface area contributed by atoms with Crippen LogP contribution in [0.3, 0.4) is 0 Å². The number of halogens is 3. The molecule has 2 aromatic carbocycles. The zero-order chi connectivity index (χ0) is 22.8. The van der Waals surface area contributed by atoms with Crippen LogP contribution in [-0.2, 0) is 11.3 Å². The van der Waals surface area contributed by atoms with Crippen LogP contribution < -0.4 is 4.90 Å². The number of fused-ring (bicyclic) bond motifs is 1. The second-order valence-corrected chi connectivity index (χ2v) is 8.64. The van der Waals surface area contributed by atoms with Crippen LogP contribution in [0.4, 0.5) is 13.9 Å². The van der Waals surface area contributed by atoms with Gasteiger partial charge in [0.05, 0.1) is 16.9 Å². The zero-order valence-corrected chi connectivity index (χ0v) is 18.9. The number of hydrogen-bond donors (Lipinski definition) is 0. The third-order valence-electron chi connectivity index (χ3n) is 4.85. The Labute approximate surface area is 192 Å². The molecule has 0 aliphatic rings. The topological polar surface area (TPSA) is 51.0 Å². The van der Waals surface area contributed by atoms with E-state index in [1.807, 2.05) is 26.0 Å². The minimum absolute atomic E-state index is 0.0328. The van der Waals surface area contributed by atoms with Gasteiger partial charge in [0.15, 0.2) is 10.9 Å². The summed E-state index contributed by atoms with van der Waals surface area (Å²) in [6.45, 7) is 4.48. The van der Waals surface area contributed by atoms with Gasteiger partial charge in [0.1, 0.15) is 11.3 Å². The molecule has 0 aliphatic carbocycles. The summed E-state index contributed by atoms with van der Waals surface area (Å²) < 4.78 is 30.0. The largest absolute Gasteiger partial charge is 0.283 e. The first-order valence-corrected chi connectivity index (χ1v) is 11.0. The van der Waals surface area contributed by atoms with Gasteiger partial charge in [-0.15, -0.1) is 0 Å². The molecule has 0 saturated heterocycles. The lowest BCUT2D eigenvalue weighted by Crippen LogP contribution is -2.33. The molecular weight excluding hydrogens is 454 g/mol. The van der Waals surface area contributed by atoms with Crippen molar-refractivity contribution in [2.24, 2.45) is 0 Å². The summed E-state index contributed by atoms with van der Waals surface area (Å²) in [5.41, 5.74) is 2.55. The average molecular weight is 473 g/mol. The lowest BCUT2D eigenvalue weighted by Gasteiger charge is -2.18. The Hall–Kier alpha value is -3.10. The zero-order valence-electron chi connectivity index (χ0n) is 17.3. The van der Waals surface area contributed by atoms with Crippen molar-refractivity contribution in [2.75, 3.05) is 11.4 Å². The monoisotopic (exact) mass is 472 g/mol. The third-order valence-corrected chi connectivity index (χ3v) is 6.22. The molecule has 0 fully saturated rings. The van der Waals surface area contributed by atoms with Crippen molar-refractivity contribution in [1.29, 1.82) is 0 Å². The highest BCUT2D eigenvalue weighted by atomic mass is 35.5. The van der Waals surface area contributed by atoms with E-state index in [1.165, 1.54) is 17.0 Å². The number of benzene rings is 2. The predicted molar refractivity (Wildman–Crippen MR) is 124 cm³/mol. The molecule has 2 heterocycles. The van der Waals surface area contributed by atoms with Gasteiger partial charge in [-0.2, -0.15) is 5.10 Å². The number of aryl methyl sites for hydroxylation is 2. The molecule has 0 atom stereocenters. The fourth-order valence-corrected chi connectivity index (χ4v) is 4.55. The van der Waals surface area contributed by atoms with Gasteiger partial charge in [0, 0.05) is 29.4 Å². The van der Waals surface area contributed by atoms with Crippen molar-refractivity contribution in [3.63, 3.8) is 0 Å². The molecule has 164 valence electrons. The van der Waals surface area contributed by atoms with Crippen LogP contribution in [0.25, 0.3) is 16.3 Å². The Bertz CT molecular complexity index is 1330. The molecule has 5 nitrogen and oxygen atoms in total. The summed E-state index contributed by atoms with van der Waals surface area (Å²) in [7, 11) is 0. The Morgan fingerprint density at radius 1 is 1.22 bits per heavy atom. The fraction of sp³-hybridized carbons (Fsp3) is 0.174. The van der Waals surface area contributed by atoms with Crippen LogP contribution in [0.1, 0.15) is 17.0 Å². The second kappa shape index (κ2) is 9.18. The van der Waals surface area contributed by atoms with Crippen molar-refractivity contribution in [2.45, 2.75) is 20.4 Å². The van der Waals surface area contributed by atoms with Crippen molar-refractivity contribution in [3.8, 4) is 0 Å². The first-order chi connectivity index (χ1) is 15.3. The molecule has 4 rings (SSSR count). The maximum Gasteiger partial charge on any atom is 0.252 e. The molecule has 2 aromatic heterocycles. The number of amides is 1. The highest BCUT2D eigenvalue weighted by Gasteiger charge is 2.20. The van der Waals surface area contributed by atoms with E-state index in [-0.39, 0.29) is 23.1 Å². The van der Waals surface area contributed by atoms with E-state index in [0.717, 1.165) is 28.8 Å². The van der Waals surface area contributed by atoms with Crippen LogP contribution in [0.2, 0.25) is 5.02 Å². The summed E-state index contributed by atoms with van der Waals surface area (Å²) >= 11 is 7.23. The lowest BCUT2D eigenvalue weighted by molar-refractivity contribution is -0.114. The minimum atomic E-state index is -0.764. The van der Waals surface area contributed by atoms with Crippen molar-refractivity contribution in [3.05, 3.63) is 82.1 Å². The number of aromatic nitrogens is 3. The summed E-state index contributed by atoms with van der Waals surface area (Å²) in [6.07, 6.45) is 3.01. The number of carbonyl (C=O) groups is 1. The van der Waals surface area contributed by atoms with Gasteiger partial charge in [0.2, 0.25) is 0 Å². The van der Waals surface area contributed by atoms with Crippen LogP contribution in [0.15, 0.2) is 48.5 Å². The van der Waals surface area contributed by atoms with Gasteiger partial charge in [-0.25, -0.2) is 13.8 Å². The Balaban J connectivity index is 1.67. The summed E-state index contributed by atoms with van der Waals surface area (Å²) in [5, 5.41) is 5.22. The third kappa shape index (κ3) is 4.71. The molecule has 9 heteroatoms. The van der Waals surface area contributed by atoms with Crippen molar-refractivity contribution in [1.82, 2.24) is 14.8 Å². The Morgan fingerprint density at radius 3 is 2.72 bits per heavy atom. The molecule has 1 amide bonds. The van der Waals surface area contributed by atoms with E-state index in [1.54, 1.807) is 29.0 Å². The Morgan fingerprint density at radius 2 is 2.00 bits per heavy atom. The van der Waals surface area contributed by atoms with Crippen LogP contribution >= 0.6 is 22.9 Å². The van der Waals surface area contributed by atoms with Crippen LogP contribution in [0.5, 0.6) is 0 Å². The van der Waals surface area contributed by atoms with Gasteiger partial charge in [-0.1, -0.05) is 41.1 Å². The number of carbonyl (C=O) groups excluding carboxylic acids is 1. The molecule has 4 aromatic rings.